The zero-order chi connectivity index (χ0) is 12.3. The molecule has 0 radical (unpaired) electrons. The fourth-order valence-corrected chi connectivity index (χ4v) is 3.89. The van der Waals surface area contributed by atoms with E-state index in [4.69, 9.17) is 4.74 Å². The van der Waals surface area contributed by atoms with Crippen LogP contribution in [-0.4, -0.2) is 10.7 Å². The van der Waals surface area contributed by atoms with Crippen molar-refractivity contribution in [2.45, 2.75) is 43.8 Å². The third kappa shape index (κ3) is 1.64. The van der Waals surface area contributed by atoms with Gasteiger partial charge in [-0.2, -0.15) is 0 Å². The van der Waals surface area contributed by atoms with Crippen LogP contribution in [0.2, 0.25) is 0 Å². The number of fused-ring (bicyclic) bond motifs is 1. The van der Waals surface area contributed by atoms with Gasteiger partial charge in [-0.15, -0.1) is 0 Å². The Balaban J connectivity index is 1.76. The molecule has 2 nitrogen and oxygen atoms in total. The predicted octanol–water partition coefficient (Wildman–Crippen LogP) is 3.82. The summed E-state index contributed by atoms with van der Waals surface area (Å²) in [6.07, 6.45) is 5.51. The van der Waals surface area contributed by atoms with Crippen LogP contribution in [0, 0.1) is 11.8 Å². The maximum atomic E-state index is 10.5. The first kappa shape index (κ1) is 11.3. The van der Waals surface area contributed by atoms with Crippen molar-refractivity contribution in [2.75, 3.05) is 0 Å². The number of aliphatic hydroxyl groups is 1. The fourth-order valence-electron chi connectivity index (χ4n) is 3.51. The number of benzene rings is 1. The van der Waals surface area contributed by atoms with Gasteiger partial charge in [0.2, 0.25) is 0 Å². The largest absolute Gasteiger partial charge is 0.486 e. The molecule has 0 amide bonds. The van der Waals surface area contributed by atoms with Gasteiger partial charge in [0.05, 0.1) is 6.10 Å². The van der Waals surface area contributed by atoms with Crippen molar-refractivity contribution >= 4 is 15.9 Å². The molecule has 1 aromatic rings. The molecule has 1 aromatic carbocycles. The highest BCUT2D eigenvalue weighted by molar-refractivity contribution is 9.10. The number of ether oxygens (including phenoxy) is 1. The third-order valence-electron chi connectivity index (χ3n) is 4.68. The van der Waals surface area contributed by atoms with E-state index in [0.717, 1.165) is 22.2 Å². The van der Waals surface area contributed by atoms with Crippen LogP contribution in [0.5, 0.6) is 5.75 Å². The van der Waals surface area contributed by atoms with Crippen molar-refractivity contribution in [1.82, 2.24) is 0 Å². The van der Waals surface area contributed by atoms with Gasteiger partial charge >= 0.3 is 0 Å². The summed E-state index contributed by atoms with van der Waals surface area (Å²) < 4.78 is 7.42. The Hall–Kier alpha value is -0.540. The molecule has 4 rings (SSSR count). The number of rotatable bonds is 2. The van der Waals surface area contributed by atoms with Gasteiger partial charge in [-0.3, -0.25) is 0 Å². The number of hydrogen-bond acceptors (Lipinski definition) is 2. The Morgan fingerprint density at radius 2 is 1.83 bits per heavy atom. The van der Waals surface area contributed by atoms with Gasteiger partial charge in [0.25, 0.3) is 0 Å². The summed E-state index contributed by atoms with van der Waals surface area (Å²) in [6.45, 7) is 0. The summed E-state index contributed by atoms with van der Waals surface area (Å²) in [7, 11) is 0. The van der Waals surface area contributed by atoms with Crippen LogP contribution < -0.4 is 4.74 Å². The normalized spacial score (nSPS) is 29.6. The lowest BCUT2D eigenvalue weighted by molar-refractivity contribution is -0.0462. The molecule has 3 heteroatoms. The van der Waals surface area contributed by atoms with Crippen molar-refractivity contribution in [3.8, 4) is 5.75 Å². The average molecular weight is 309 g/mol. The highest BCUT2D eigenvalue weighted by atomic mass is 79.9. The molecule has 0 bridgehead atoms. The summed E-state index contributed by atoms with van der Waals surface area (Å²) in [4.78, 5) is 0. The molecule has 0 saturated heterocycles. The van der Waals surface area contributed by atoms with Gasteiger partial charge in [0.1, 0.15) is 11.4 Å². The third-order valence-corrected chi connectivity index (χ3v) is 5.17. The first-order valence-corrected chi connectivity index (χ1v) is 7.65. The van der Waals surface area contributed by atoms with E-state index in [1.54, 1.807) is 0 Å². The zero-order valence-electron chi connectivity index (χ0n) is 10.2. The number of halogens is 1. The summed E-state index contributed by atoms with van der Waals surface area (Å²) in [6, 6.07) is 5.99. The maximum absolute atomic E-state index is 10.5. The predicted molar refractivity (Wildman–Crippen MR) is 72.5 cm³/mol. The maximum Gasteiger partial charge on any atom is 0.126 e. The van der Waals surface area contributed by atoms with Crippen LogP contribution >= 0.6 is 15.9 Å². The van der Waals surface area contributed by atoms with Crippen molar-refractivity contribution < 1.29 is 9.84 Å². The van der Waals surface area contributed by atoms with Crippen LogP contribution in [0.1, 0.15) is 43.8 Å². The van der Waals surface area contributed by atoms with E-state index in [1.165, 1.54) is 25.7 Å². The molecule has 2 aliphatic carbocycles. The Morgan fingerprint density at radius 1 is 1.17 bits per heavy atom. The van der Waals surface area contributed by atoms with Gasteiger partial charge in [-0.05, 0) is 55.7 Å². The molecule has 2 saturated carbocycles. The molecule has 1 N–H and O–H groups in total. The Kier molecular flexibility index (Phi) is 2.34. The van der Waals surface area contributed by atoms with Gasteiger partial charge in [-0.25, -0.2) is 0 Å². The Morgan fingerprint density at radius 3 is 2.44 bits per heavy atom. The smallest absolute Gasteiger partial charge is 0.126 e. The summed E-state index contributed by atoms with van der Waals surface area (Å²) in [5.41, 5.74) is 0.890. The molecule has 3 aliphatic rings. The second-order valence-electron chi connectivity index (χ2n) is 6.01. The van der Waals surface area contributed by atoms with Gasteiger partial charge in [-0.1, -0.05) is 15.9 Å². The summed E-state index contributed by atoms with van der Waals surface area (Å²) >= 11 is 3.46. The van der Waals surface area contributed by atoms with Crippen LogP contribution in [0.15, 0.2) is 22.7 Å². The van der Waals surface area contributed by atoms with Crippen LogP contribution in [0.3, 0.4) is 0 Å². The molecule has 1 heterocycles. The van der Waals surface area contributed by atoms with Crippen molar-refractivity contribution in [1.29, 1.82) is 0 Å². The quantitative estimate of drug-likeness (QED) is 0.900. The minimum absolute atomic E-state index is 0.0553. The van der Waals surface area contributed by atoms with Crippen molar-refractivity contribution in [3.05, 3.63) is 28.2 Å². The highest BCUT2D eigenvalue weighted by Crippen LogP contribution is 2.59. The highest BCUT2D eigenvalue weighted by Gasteiger charge is 2.58. The van der Waals surface area contributed by atoms with Crippen LogP contribution in [-0.2, 0) is 0 Å². The Labute approximate surface area is 115 Å². The lowest BCUT2D eigenvalue weighted by Crippen LogP contribution is -2.45. The van der Waals surface area contributed by atoms with E-state index in [-0.39, 0.29) is 11.7 Å². The van der Waals surface area contributed by atoms with E-state index in [9.17, 15) is 5.11 Å². The van der Waals surface area contributed by atoms with Gasteiger partial charge < -0.3 is 9.84 Å². The first-order valence-electron chi connectivity index (χ1n) is 6.85. The molecule has 0 spiro atoms. The lowest BCUT2D eigenvalue weighted by atomic mass is 9.81. The van der Waals surface area contributed by atoms with E-state index in [2.05, 4.69) is 15.9 Å². The average Bonchev–Trinajstić information content (AvgIpc) is 3.20. The molecule has 1 aliphatic heterocycles. The molecule has 1 unspecified atom stereocenters. The fraction of sp³-hybridized carbons (Fsp3) is 0.600. The molecule has 18 heavy (non-hydrogen) atoms. The summed E-state index contributed by atoms with van der Waals surface area (Å²) in [5, 5.41) is 10.5. The topological polar surface area (TPSA) is 29.5 Å². The van der Waals surface area contributed by atoms with E-state index >= 15 is 0 Å². The summed E-state index contributed by atoms with van der Waals surface area (Å²) in [5.74, 6) is 2.25. The molecule has 0 aromatic heterocycles. The minimum Gasteiger partial charge on any atom is -0.486 e. The van der Waals surface area contributed by atoms with Crippen LogP contribution in [0.25, 0.3) is 0 Å². The van der Waals surface area contributed by atoms with E-state index in [0.29, 0.717) is 11.8 Å². The zero-order valence-corrected chi connectivity index (χ0v) is 11.8. The van der Waals surface area contributed by atoms with Crippen molar-refractivity contribution in [3.63, 3.8) is 0 Å². The van der Waals surface area contributed by atoms with Gasteiger partial charge in [0.15, 0.2) is 0 Å². The monoisotopic (exact) mass is 308 g/mol. The first-order chi connectivity index (χ1) is 8.69. The molecule has 96 valence electrons. The molecule has 2 fully saturated rings. The minimum atomic E-state index is -0.368. The second-order valence-corrected chi connectivity index (χ2v) is 6.92. The van der Waals surface area contributed by atoms with Crippen molar-refractivity contribution in [2.24, 2.45) is 11.8 Å². The van der Waals surface area contributed by atoms with E-state index < -0.39 is 0 Å². The number of hydrogen-bond donors (Lipinski definition) is 1. The molecule has 1 atom stereocenters. The van der Waals surface area contributed by atoms with E-state index in [1.807, 2.05) is 18.2 Å². The van der Waals surface area contributed by atoms with Gasteiger partial charge in [0, 0.05) is 16.5 Å². The lowest BCUT2D eigenvalue weighted by Gasteiger charge is -2.42. The SMILES string of the molecule is OC1CC(C2CC2)(C2CC2)Oc2ccc(Br)cc21. The second kappa shape index (κ2) is 3.73. The molecular weight excluding hydrogens is 292 g/mol. The van der Waals surface area contributed by atoms with Crippen LogP contribution in [0.4, 0.5) is 0 Å². The number of aliphatic hydroxyl groups excluding tert-OH is 1. The molecular formula is C15H17BrO2. The Bertz CT molecular complexity index is 479. The standard InChI is InChI=1S/C15H17BrO2/c16-11-5-6-14-12(7-11)13(17)8-15(18-14,9-1-2-9)10-3-4-10/h5-7,9-10,13,17H,1-4,8H2.